The van der Waals surface area contributed by atoms with E-state index in [0.717, 1.165) is 27.8 Å². The van der Waals surface area contributed by atoms with Gasteiger partial charge in [0.15, 0.2) is 0 Å². The average Bonchev–Trinajstić information content (AvgIpc) is 3.29. The summed E-state index contributed by atoms with van der Waals surface area (Å²) in [6.45, 7) is 6.38. The number of rotatable bonds is 18. The van der Waals surface area contributed by atoms with Crippen LogP contribution in [0.1, 0.15) is 37.5 Å². The lowest BCUT2D eigenvalue weighted by Gasteiger charge is -2.17. The number of thiocarbonyl (C=S) groups is 3. The summed E-state index contributed by atoms with van der Waals surface area (Å²) >= 11 is 20.2. The van der Waals surface area contributed by atoms with Gasteiger partial charge < -0.3 is 20.9 Å². The van der Waals surface area contributed by atoms with E-state index in [9.17, 15) is 22.8 Å². The molecular formula is C46H51N5O5S7. The molecule has 5 rings (SSSR count). The second-order valence-electron chi connectivity index (χ2n) is 14.0. The van der Waals surface area contributed by atoms with Crippen LogP contribution in [0.4, 0.5) is 5.69 Å². The quantitative estimate of drug-likeness (QED) is 0.0501. The summed E-state index contributed by atoms with van der Waals surface area (Å²) < 4.78 is 30.5. The topological polar surface area (TPSA) is 137 Å². The Balaban J connectivity index is 0.000000278. The fourth-order valence-electron chi connectivity index (χ4n) is 5.71. The first kappa shape index (κ1) is 51.4. The highest BCUT2D eigenvalue weighted by molar-refractivity contribution is 8.25. The first-order valence-corrected chi connectivity index (χ1v) is 25.2. The monoisotopic (exact) mass is 977 g/mol. The third-order valence-corrected chi connectivity index (χ3v) is 15.2. The molecule has 5 aromatic carbocycles. The second kappa shape index (κ2) is 25.9. The lowest BCUT2D eigenvalue weighted by atomic mass is 10.1. The van der Waals surface area contributed by atoms with Crippen LogP contribution in [0, 0.1) is 0 Å². The Morgan fingerprint density at radius 1 is 0.508 bits per heavy atom. The number of hydrogen-bond donors (Lipinski definition) is 4. The average molecular weight is 978 g/mol. The third-order valence-electron chi connectivity index (χ3n) is 9.06. The van der Waals surface area contributed by atoms with Gasteiger partial charge in [-0.05, 0) is 49.6 Å². The summed E-state index contributed by atoms with van der Waals surface area (Å²) in [7, 11) is 0.0903. The molecule has 17 heteroatoms. The van der Waals surface area contributed by atoms with Crippen LogP contribution in [0.2, 0.25) is 0 Å². The predicted octanol–water partition coefficient (Wildman–Crippen LogP) is 8.01. The number of carbonyl (C=O) groups excluding carboxylic acids is 3. The van der Waals surface area contributed by atoms with Gasteiger partial charge in [0.1, 0.15) is 0 Å². The van der Waals surface area contributed by atoms with Gasteiger partial charge in [0, 0.05) is 56.7 Å². The predicted molar refractivity (Wildman–Crippen MR) is 278 cm³/mol. The van der Waals surface area contributed by atoms with Crippen molar-refractivity contribution in [1.82, 2.24) is 20.7 Å². The summed E-state index contributed by atoms with van der Waals surface area (Å²) in [6, 6.07) is 39.6. The van der Waals surface area contributed by atoms with Gasteiger partial charge in [0.05, 0.1) is 33.2 Å². The van der Waals surface area contributed by atoms with Gasteiger partial charge in [-0.2, -0.15) is 0 Å². The summed E-state index contributed by atoms with van der Waals surface area (Å²) in [5.74, 6) is -0.418. The van der Waals surface area contributed by atoms with Crippen molar-refractivity contribution in [3.8, 4) is 0 Å². The Kier molecular flexibility index (Phi) is 21.2. The maximum absolute atomic E-state index is 12.9. The van der Waals surface area contributed by atoms with Crippen LogP contribution in [0.15, 0.2) is 132 Å². The second-order valence-corrected chi connectivity index (χ2v) is 21.8. The van der Waals surface area contributed by atoms with Crippen molar-refractivity contribution in [1.29, 1.82) is 0 Å². The standard InChI is InChI=1S/C24H27N3O3S3.C22H24N2O2S4/c1-17(32-24(31)18-9-5-4-6-10-18)23(28)25-15-16-26-33(29,30)22-14-8-11-19-20(22)12-7-13-21(19)27(2)3;1-15(29-21(27)17-9-5-3-6-10-17)19(25)23-13-14-24-20(26)16(2)30-22(28)18-11-7-4-8-12-18/h4-14,17,26H,15-16H2,1-3H3,(H,25,28);3-12,15-16H,13-14H2,1-2H3,(H,23,25)(H,24,26). The van der Waals surface area contributed by atoms with Gasteiger partial charge in [-0.15, -0.1) is 35.3 Å². The van der Waals surface area contributed by atoms with Crippen molar-refractivity contribution in [2.45, 2.75) is 41.4 Å². The normalized spacial score (nSPS) is 12.4. The molecular weight excluding hydrogens is 927 g/mol. The number of fused-ring (bicyclic) bond motifs is 1. The van der Waals surface area contributed by atoms with Gasteiger partial charge in [-0.3, -0.25) is 14.4 Å². The summed E-state index contributed by atoms with van der Waals surface area (Å²) in [6.07, 6.45) is 0. The Hall–Kier alpha value is -4.20. The zero-order valence-corrected chi connectivity index (χ0v) is 41.2. The molecule has 0 radical (unpaired) electrons. The van der Waals surface area contributed by atoms with E-state index in [1.165, 1.54) is 35.3 Å². The number of anilines is 1. The number of carbonyl (C=O) groups is 3. The number of nitrogens with one attached hydrogen (secondary N) is 4. The maximum Gasteiger partial charge on any atom is 0.241 e. The number of nitrogens with zero attached hydrogens (tertiary/aromatic N) is 1. The lowest BCUT2D eigenvalue weighted by Crippen LogP contribution is -2.40. The molecule has 0 aromatic heterocycles. The minimum atomic E-state index is -3.75. The molecule has 63 heavy (non-hydrogen) atoms. The Bertz CT molecular complexity index is 2390. The van der Waals surface area contributed by atoms with Crippen LogP contribution in [-0.2, 0) is 24.4 Å². The molecule has 0 aliphatic carbocycles. The molecule has 5 aromatic rings. The minimum Gasteiger partial charge on any atom is -0.377 e. The Morgan fingerprint density at radius 2 is 0.857 bits per heavy atom. The molecule has 3 atom stereocenters. The molecule has 0 saturated heterocycles. The summed E-state index contributed by atoms with van der Waals surface area (Å²) in [5, 5.41) is 8.93. The number of benzene rings is 5. The lowest BCUT2D eigenvalue weighted by molar-refractivity contribution is -0.122. The van der Waals surface area contributed by atoms with Crippen LogP contribution in [0.25, 0.3) is 10.8 Å². The van der Waals surface area contributed by atoms with Gasteiger partial charge in [0.25, 0.3) is 0 Å². The van der Waals surface area contributed by atoms with E-state index in [0.29, 0.717) is 31.1 Å². The largest absolute Gasteiger partial charge is 0.377 e. The molecule has 0 spiro atoms. The number of sulfonamides is 1. The van der Waals surface area contributed by atoms with Crippen molar-refractivity contribution in [2.24, 2.45) is 0 Å². The van der Waals surface area contributed by atoms with Gasteiger partial charge >= 0.3 is 0 Å². The van der Waals surface area contributed by atoms with E-state index in [2.05, 4.69) is 20.7 Å². The van der Waals surface area contributed by atoms with E-state index >= 15 is 0 Å². The number of hydrogen-bond acceptors (Lipinski definition) is 12. The summed E-state index contributed by atoms with van der Waals surface area (Å²) in [5.41, 5.74) is 3.71. The van der Waals surface area contributed by atoms with E-state index in [1.54, 1.807) is 25.1 Å². The molecule has 3 unspecified atom stereocenters. The number of amides is 3. The van der Waals surface area contributed by atoms with Gasteiger partial charge in [-0.25, -0.2) is 13.1 Å². The highest BCUT2D eigenvalue weighted by Crippen LogP contribution is 2.30. The number of thioether (sulfide) groups is 3. The Morgan fingerprint density at radius 3 is 1.24 bits per heavy atom. The molecule has 332 valence electrons. The van der Waals surface area contributed by atoms with Crippen molar-refractivity contribution < 1.29 is 22.8 Å². The first-order valence-electron chi connectivity index (χ1n) is 19.9. The van der Waals surface area contributed by atoms with Crippen LogP contribution < -0.4 is 25.6 Å². The SMILES string of the molecule is CC(SC(=S)c1ccccc1)C(=O)NCCNC(=O)C(C)SC(=S)c1ccccc1.CC(SC(=S)c1ccccc1)C(=O)NCCNS(=O)(=O)c1cccc2c(N(C)C)cccc12. The molecule has 0 heterocycles. The van der Waals surface area contributed by atoms with Crippen LogP contribution in [-0.4, -0.2) is 94.8 Å². The molecule has 0 saturated carbocycles. The van der Waals surface area contributed by atoms with E-state index < -0.39 is 15.3 Å². The van der Waals surface area contributed by atoms with E-state index in [4.69, 9.17) is 36.7 Å². The van der Waals surface area contributed by atoms with Crippen LogP contribution in [0.3, 0.4) is 0 Å². The summed E-state index contributed by atoms with van der Waals surface area (Å²) in [4.78, 5) is 39.1. The van der Waals surface area contributed by atoms with Gasteiger partial charge in [0.2, 0.25) is 27.7 Å². The van der Waals surface area contributed by atoms with E-state index in [1.807, 2.05) is 142 Å². The molecule has 0 aliphatic heterocycles. The molecule has 3 amide bonds. The van der Waals surface area contributed by atoms with Crippen molar-refractivity contribution >= 4 is 129 Å². The third kappa shape index (κ3) is 16.4. The van der Waals surface area contributed by atoms with Crippen molar-refractivity contribution in [2.75, 3.05) is 45.2 Å². The highest BCUT2D eigenvalue weighted by atomic mass is 32.2. The zero-order valence-electron chi connectivity index (χ0n) is 35.5. The fraction of sp³-hybridized carbons (Fsp3) is 0.261. The molecule has 0 fully saturated rings. The highest BCUT2D eigenvalue weighted by Gasteiger charge is 2.21. The van der Waals surface area contributed by atoms with Crippen LogP contribution in [0.5, 0.6) is 0 Å². The van der Waals surface area contributed by atoms with Crippen molar-refractivity contribution in [3.63, 3.8) is 0 Å². The zero-order chi connectivity index (χ0) is 45.9. The maximum atomic E-state index is 12.9. The molecule has 10 nitrogen and oxygen atoms in total. The first-order chi connectivity index (χ1) is 30.1. The van der Waals surface area contributed by atoms with Gasteiger partial charge in [-0.1, -0.05) is 152 Å². The molecule has 0 aliphatic rings. The van der Waals surface area contributed by atoms with E-state index in [-0.39, 0.29) is 46.2 Å². The molecule has 0 bridgehead atoms. The fourth-order valence-corrected chi connectivity index (χ4v) is 11.0. The smallest absolute Gasteiger partial charge is 0.241 e. The molecule has 4 N–H and O–H groups in total. The minimum absolute atomic E-state index is 0.0817. The Labute approximate surface area is 400 Å². The van der Waals surface area contributed by atoms with Crippen LogP contribution >= 0.6 is 71.9 Å². The van der Waals surface area contributed by atoms with Crippen molar-refractivity contribution in [3.05, 3.63) is 144 Å².